The predicted molar refractivity (Wildman–Crippen MR) is 107 cm³/mol. The second-order valence-electron chi connectivity index (χ2n) is 6.39. The lowest BCUT2D eigenvalue weighted by molar-refractivity contribution is 0.0954. The van der Waals surface area contributed by atoms with E-state index in [0.29, 0.717) is 23.6 Å². The van der Waals surface area contributed by atoms with Crippen LogP contribution in [0, 0.1) is 0 Å². The highest BCUT2D eigenvalue weighted by Gasteiger charge is 2.11. The second-order valence-corrected chi connectivity index (χ2v) is 6.82. The molecular formula is C21H24ClN3O. The number of carbonyl (C=O) groups is 1. The third kappa shape index (κ3) is 4.44. The van der Waals surface area contributed by atoms with E-state index in [1.165, 1.54) is 18.4 Å². The van der Waals surface area contributed by atoms with Crippen LogP contribution in [-0.4, -0.2) is 22.0 Å². The Hall–Kier alpha value is -2.33. The Morgan fingerprint density at radius 2 is 1.88 bits per heavy atom. The lowest BCUT2D eigenvalue weighted by atomic mass is 10.2. The summed E-state index contributed by atoms with van der Waals surface area (Å²) in [6.45, 7) is 3.73. The van der Waals surface area contributed by atoms with E-state index in [0.717, 1.165) is 24.3 Å². The highest BCUT2D eigenvalue weighted by molar-refractivity contribution is 6.30. The molecule has 0 radical (unpaired) electrons. The minimum Gasteiger partial charge on any atom is -0.352 e. The summed E-state index contributed by atoms with van der Waals surface area (Å²) in [6, 6.07) is 15.1. The number of hydrogen-bond acceptors (Lipinski definition) is 2. The van der Waals surface area contributed by atoms with Gasteiger partial charge in [0.25, 0.3) is 5.91 Å². The molecule has 0 saturated carbocycles. The molecule has 0 bridgehead atoms. The summed E-state index contributed by atoms with van der Waals surface area (Å²) in [6.07, 6.45) is 4.25. The van der Waals surface area contributed by atoms with Crippen molar-refractivity contribution in [3.63, 3.8) is 0 Å². The molecule has 0 atom stereocenters. The van der Waals surface area contributed by atoms with Gasteiger partial charge in [0.1, 0.15) is 5.82 Å². The summed E-state index contributed by atoms with van der Waals surface area (Å²) in [5.41, 5.74) is 2.80. The quantitative estimate of drug-likeness (QED) is 0.577. The van der Waals surface area contributed by atoms with Crippen molar-refractivity contribution in [2.75, 3.05) is 6.54 Å². The van der Waals surface area contributed by atoms with Crippen LogP contribution in [0.1, 0.15) is 42.4 Å². The predicted octanol–water partition coefficient (Wildman–Crippen LogP) is 4.85. The summed E-state index contributed by atoms with van der Waals surface area (Å²) >= 11 is 5.87. The molecule has 0 aliphatic carbocycles. The third-order valence-electron chi connectivity index (χ3n) is 4.46. The van der Waals surface area contributed by atoms with Crippen LogP contribution in [0.5, 0.6) is 0 Å². The van der Waals surface area contributed by atoms with Crippen molar-refractivity contribution in [2.45, 2.75) is 39.2 Å². The molecule has 136 valence electrons. The SMILES string of the molecule is CCCCCn1c(CCNC(=O)c2ccc(Cl)cc2)nc2ccccc21. The van der Waals surface area contributed by atoms with Crippen LogP contribution < -0.4 is 5.32 Å². The first-order chi connectivity index (χ1) is 12.7. The molecule has 3 rings (SSSR count). The fourth-order valence-electron chi connectivity index (χ4n) is 3.08. The van der Waals surface area contributed by atoms with E-state index in [4.69, 9.17) is 16.6 Å². The fourth-order valence-corrected chi connectivity index (χ4v) is 3.20. The normalized spacial score (nSPS) is 11.0. The average Bonchev–Trinajstić information content (AvgIpc) is 3.00. The number of halogens is 1. The van der Waals surface area contributed by atoms with Gasteiger partial charge in [-0.05, 0) is 42.8 Å². The van der Waals surface area contributed by atoms with E-state index >= 15 is 0 Å². The molecule has 0 fully saturated rings. The fraction of sp³-hybridized carbons (Fsp3) is 0.333. The first-order valence-corrected chi connectivity index (χ1v) is 9.54. The highest BCUT2D eigenvalue weighted by atomic mass is 35.5. The second kappa shape index (κ2) is 8.86. The molecule has 1 aromatic heterocycles. The number of carbonyl (C=O) groups excluding carboxylic acids is 1. The molecule has 5 heteroatoms. The molecule has 3 aromatic rings. The summed E-state index contributed by atoms with van der Waals surface area (Å²) in [5, 5.41) is 3.60. The van der Waals surface area contributed by atoms with Gasteiger partial charge < -0.3 is 9.88 Å². The molecule has 1 N–H and O–H groups in total. The number of benzene rings is 2. The molecule has 1 amide bonds. The van der Waals surface area contributed by atoms with Crippen molar-refractivity contribution in [2.24, 2.45) is 0 Å². The monoisotopic (exact) mass is 369 g/mol. The van der Waals surface area contributed by atoms with Crippen LogP contribution in [0.15, 0.2) is 48.5 Å². The third-order valence-corrected chi connectivity index (χ3v) is 4.71. The van der Waals surface area contributed by atoms with Crippen LogP contribution in [0.3, 0.4) is 0 Å². The van der Waals surface area contributed by atoms with Crippen molar-refractivity contribution < 1.29 is 4.79 Å². The number of para-hydroxylation sites is 2. The van der Waals surface area contributed by atoms with Gasteiger partial charge in [-0.3, -0.25) is 4.79 Å². The maximum Gasteiger partial charge on any atom is 0.251 e. The van der Waals surface area contributed by atoms with E-state index in [-0.39, 0.29) is 5.91 Å². The lowest BCUT2D eigenvalue weighted by Gasteiger charge is -2.10. The summed E-state index contributed by atoms with van der Waals surface area (Å²) < 4.78 is 2.29. The zero-order valence-electron chi connectivity index (χ0n) is 15.0. The Bertz CT molecular complexity index is 871. The number of hydrogen-bond donors (Lipinski definition) is 1. The van der Waals surface area contributed by atoms with Crippen LogP contribution in [-0.2, 0) is 13.0 Å². The Morgan fingerprint density at radius 3 is 2.65 bits per heavy atom. The standard InChI is InChI=1S/C21H24ClN3O/c1-2-3-6-15-25-19-8-5-4-7-18(19)24-20(25)13-14-23-21(26)16-9-11-17(22)12-10-16/h4-5,7-12H,2-3,6,13-15H2,1H3,(H,23,26). The maximum atomic E-state index is 12.2. The van der Waals surface area contributed by atoms with E-state index in [1.54, 1.807) is 24.3 Å². The molecule has 2 aromatic carbocycles. The van der Waals surface area contributed by atoms with Crippen LogP contribution in [0.4, 0.5) is 0 Å². The zero-order valence-corrected chi connectivity index (χ0v) is 15.8. The van der Waals surface area contributed by atoms with Gasteiger partial charge in [0.05, 0.1) is 11.0 Å². The topological polar surface area (TPSA) is 46.9 Å². The van der Waals surface area contributed by atoms with Crippen LogP contribution >= 0.6 is 11.6 Å². The van der Waals surface area contributed by atoms with Crippen LogP contribution in [0.2, 0.25) is 5.02 Å². The number of unbranched alkanes of at least 4 members (excludes halogenated alkanes) is 2. The van der Waals surface area contributed by atoms with Gasteiger partial charge in [0, 0.05) is 30.1 Å². The van der Waals surface area contributed by atoms with Gasteiger partial charge in [-0.25, -0.2) is 4.98 Å². The molecular weight excluding hydrogens is 346 g/mol. The van der Waals surface area contributed by atoms with Crippen molar-refractivity contribution in [1.82, 2.24) is 14.9 Å². The highest BCUT2D eigenvalue weighted by Crippen LogP contribution is 2.17. The Labute approximate surface area is 159 Å². The molecule has 26 heavy (non-hydrogen) atoms. The van der Waals surface area contributed by atoms with Crippen LogP contribution in [0.25, 0.3) is 11.0 Å². The smallest absolute Gasteiger partial charge is 0.251 e. The number of nitrogens with one attached hydrogen (secondary N) is 1. The van der Waals surface area contributed by atoms with Gasteiger partial charge in [0.15, 0.2) is 0 Å². The van der Waals surface area contributed by atoms with Gasteiger partial charge in [-0.15, -0.1) is 0 Å². The van der Waals surface area contributed by atoms with Gasteiger partial charge in [-0.1, -0.05) is 43.5 Å². The molecule has 0 unspecified atom stereocenters. The first kappa shape index (κ1) is 18.5. The molecule has 0 saturated heterocycles. The lowest BCUT2D eigenvalue weighted by Crippen LogP contribution is -2.26. The number of imidazole rings is 1. The largest absolute Gasteiger partial charge is 0.352 e. The number of aromatic nitrogens is 2. The number of nitrogens with zero attached hydrogens (tertiary/aromatic N) is 2. The van der Waals surface area contributed by atoms with Gasteiger partial charge in [0.2, 0.25) is 0 Å². The summed E-state index contributed by atoms with van der Waals surface area (Å²) in [4.78, 5) is 17.0. The average molecular weight is 370 g/mol. The Kier molecular flexibility index (Phi) is 6.29. The summed E-state index contributed by atoms with van der Waals surface area (Å²) in [5.74, 6) is 0.939. The zero-order chi connectivity index (χ0) is 18.4. The maximum absolute atomic E-state index is 12.2. The van der Waals surface area contributed by atoms with E-state index in [9.17, 15) is 4.79 Å². The number of aryl methyl sites for hydroxylation is 1. The molecule has 1 heterocycles. The van der Waals surface area contributed by atoms with E-state index in [2.05, 4.69) is 22.9 Å². The Morgan fingerprint density at radius 1 is 1.12 bits per heavy atom. The number of amides is 1. The molecule has 4 nitrogen and oxygen atoms in total. The van der Waals surface area contributed by atoms with E-state index < -0.39 is 0 Å². The van der Waals surface area contributed by atoms with Gasteiger partial charge >= 0.3 is 0 Å². The van der Waals surface area contributed by atoms with Crippen molar-refractivity contribution in [3.05, 3.63) is 64.9 Å². The van der Waals surface area contributed by atoms with Crippen molar-refractivity contribution in [1.29, 1.82) is 0 Å². The number of fused-ring (bicyclic) bond motifs is 1. The van der Waals surface area contributed by atoms with Crippen molar-refractivity contribution in [3.8, 4) is 0 Å². The first-order valence-electron chi connectivity index (χ1n) is 9.17. The Balaban J connectivity index is 1.66. The molecule has 0 spiro atoms. The number of rotatable bonds is 8. The van der Waals surface area contributed by atoms with Crippen molar-refractivity contribution >= 4 is 28.5 Å². The molecule has 0 aliphatic rings. The molecule has 0 aliphatic heterocycles. The van der Waals surface area contributed by atoms with E-state index in [1.807, 2.05) is 18.2 Å². The minimum absolute atomic E-state index is 0.0877. The minimum atomic E-state index is -0.0877. The van der Waals surface area contributed by atoms with Gasteiger partial charge in [-0.2, -0.15) is 0 Å². The summed E-state index contributed by atoms with van der Waals surface area (Å²) in [7, 11) is 0.